The summed E-state index contributed by atoms with van der Waals surface area (Å²) in [5, 5.41) is 8.40. The number of fused-ring (bicyclic) bond motifs is 5. The molecule has 4 rings (SSSR count). The fraction of sp³-hybridized carbons (Fsp3) is 0.880. The Balaban J connectivity index is 1.45. The van der Waals surface area contributed by atoms with Gasteiger partial charge in [-0.05, 0) is 99.2 Å². The van der Waals surface area contributed by atoms with Crippen molar-refractivity contribution in [3.63, 3.8) is 0 Å². The Labute approximate surface area is 197 Å². The maximum absolute atomic E-state index is 13.9. The first-order valence-electron chi connectivity index (χ1n) is 12.4. The van der Waals surface area contributed by atoms with Gasteiger partial charge in [0.05, 0.1) is 0 Å². The van der Waals surface area contributed by atoms with E-state index in [9.17, 15) is 31.9 Å². The highest BCUT2D eigenvalue weighted by Gasteiger charge is 2.69. The molecule has 0 aromatic rings. The zero-order valence-corrected chi connectivity index (χ0v) is 19.9. The van der Waals surface area contributed by atoms with Crippen molar-refractivity contribution < 1.29 is 41.8 Å². The van der Waals surface area contributed by atoms with Crippen molar-refractivity contribution in [2.75, 3.05) is 0 Å². The van der Waals surface area contributed by atoms with Gasteiger partial charge in [-0.3, -0.25) is 4.79 Å². The average molecular weight is 491 g/mol. The number of carboxylic acid groups (broad SMARTS) is 1. The van der Waals surface area contributed by atoms with Crippen LogP contribution in [0.3, 0.4) is 0 Å². The van der Waals surface area contributed by atoms with Crippen molar-refractivity contribution in [2.24, 2.45) is 40.4 Å². The lowest BCUT2D eigenvalue weighted by atomic mass is 9.44. The summed E-state index contributed by atoms with van der Waals surface area (Å²) in [7, 11) is 0. The molecule has 0 heterocycles. The van der Waals surface area contributed by atoms with Gasteiger partial charge in [-0.1, -0.05) is 13.8 Å². The second-order valence-electron chi connectivity index (χ2n) is 11.7. The van der Waals surface area contributed by atoms with Crippen LogP contribution >= 0.6 is 0 Å². The lowest BCUT2D eigenvalue weighted by Crippen LogP contribution is -2.56. The van der Waals surface area contributed by atoms with Crippen molar-refractivity contribution in [2.45, 2.75) is 96.5 Å². The summed E-state index contributed by atoms with van der Waals surface area (Å²) in [5.41, 5.74) is -0.0289. The number of carbonyl (C=O) groups is 3. The second kappa shape index (κ2) is 8.19. The molecule has 4 fully saturated rings. The minimum absolute atomic E-state index is 0.0316. The zero-order chi connectivity index (χ0) is 25.3. The minimum atomic E-state index is -5.53. The lowest BCUT2D eigenvalue weighted by molar-refractivity contribution is -0.239. The highest BCUT2D eigenvalue weighted by molar-refractivity contribution is 5.89. The van der Waals surface area contributed by atoms with E-state index >= 15 is 0 Å². The molecule has 0 unspecified atom stereocenters. The number of ketones is 1. The van der Waals surface area contributed by atoms with Gasteiger partial charge in [-0.2, -0.15) is 17.6 Å². The Morgan fingerprint density at radius 3 is 2.09 bits per heavy atom. The number of halogens is 4. The zero-order valence-electron chi connectivity index (χ0n) is 19.9. The summed E-state index contributed by atoms with van der Waals surface area (Å²) in [4.78, 5) is 34.7. The van der Waals surface area contributed by atoms with Crippen LogP contribution in [0.1, 0.15) is 78.6 Å². The van der Waals surface area contributed by atoms with Gasteiger partial charge < -0.3 is 9.84 Å². The molecule has 5 nitrogen and oxygen atoms in total. The molecule has 4 aliphatic rings. The van der Waals surface area contributed by atoms with E-state index in [1.807, 2.05) is 0 Å². The molecule has 0 amide bonds. The number of ether oxygens (including phenoxy) is 1. The van der Waals surface area contributed by atoms with Crippen LogP contribution in [0.15, 0.2) is 0 Å². The number of esters is 1. The van der Waals surface area contributed by atoms with Crippen molar-refractivity contribution >= 4 is 17.7 Å². The second-order valence-corrected chi connectivity index (χ2v) is 11.7. The number of hydrogen-bond donors (Lipinski definition) is 1. The molecule has 34 heavy (non-hydrogen) atoms. The summed E-state index contributed by atoms with van der Waals surface area (Å²) < 4.78 is 59.3. The maximum Gasteiger partial charge on any atom is 0.415 e. The molecule has 192 valence electrons. The predicted octanol–water partition coefficient (Wildman–Crippen LogP) is 5.50. The van der Waals surface area contributed by atoms with E-state index in [0.717, 1.165) is 38.5 Å². The normalized spacial score (nSPS) is 42.2. The fourth-order valence-electron chi connectivity index (χ4n) is 8.48. The summed E-state index contributed by atoms with van der Waals surface area (Å²) in [6.07, 6.45) is 6.09. The molecule has 0 bridgehead atoms. The number of Topliss-reactive ketones (excluding diaryl/α,β-unsaturated/α-hetero) is 1. The predicted molar refractivity (Wildman–Crippen MR) is 113 cm³/mol. The van der Waals surface area contributed by atoms with E-state index in [4.69, 9.17) is 9.84 Å². The van der Waals surface area contributed by atoms with Crippen LogP contribution in [-0.2, 0) is 19.1 Å². The Kier molecular flexibility index (Phi) is 6.12. The largest absolute Gasteiger partial charge is 0.477 e. The van der Waals surface area contributed by atoms with Gasteiger partial charge in [0.25, 0.3) is 0 Å². The van der Waals surface area contributed by atoms with E-state index < -0.39 is 29.9 Å². The van der Waals surface area contributed by atoms with Crippen molar-refractivity contribution in [3.8, 4) is 0 Å². The highest BCUT2D eigenvalue weighted by Crippen LogP contribution is 2.67. The quantitative estimate of drug-likeness (QED) is 0.407. The first kappa shape index (κ1) is 25.4. The van der Waals surface area contributed by atoms with Crippen LogP contribution in [0.25, 0.3) is 0 Å². The van der Waals surface area contributed by atoms with Crippen LogP contribution in [0.2, 0.25) is 0 Å². The van der Waals surface area contributed by atoms with E-state index in [0.29, 0.717) is 30.6 Å². The molecule has 0 saturated heterocycles. The molecule has 1 N–H and O–H groups in total. The molecule has 4 aliphatic carbocycles. The summed E-state index contributed by atoms with van der Waals surface area (Å²) in [6, 6.07) is 0. The maximum atomic E-state index is 13.9. The van der Waals surface area contributed by atoms with Crippen LogP contribution in [-0.4, -0.2) is 40.8 Å². The van der Waals surface area contributed by atoms with E-state index in [-0.39, 0.29) is 34.9 Å². The van der Waals surface area contributed by atoms with Crippen LogP contribution in [0, 0.1) is 40.4 Å². The van der Waals surface area contributed by atoms with E-state index in [1.54, 1.807) is 6.92 Å². The minimum Gasteiger partial charge on any atom is -0.477 e. The van der Waals surface area contributed by atoms with E-state index in [2.05, 4.69) is 13.8 Å². The molecule has 0 aliphatic heterocycles. The summed E-state index contributed by atoms with van der Waals surface area (Å²) in [6.45, 7) is 6.19. The number of aliphatic carboxylic acids is 1. The van der Waals surface area contributed by atoms with Crippen LogP contribution < -0.4 is 0 Å². The molecule has 8 atom stereocenters. The standard InChI is InChI=1S/C25H34F4O5/c1-13(30)17-6-7-18-16-5-4-14-12-15(34-21(33)25(28,29)24(26,27)20(31)32)8-10-22(14,2)19(16)9-11-23(17,18)3/h14-19H,4-12H2,1-3H3,(H,31,32)/t14-,15-,16+,17-,18+,19+,22+,23-/m1/s1. The number of alkyl halides is 4. The van der Waals surface area contributed by atoms with Crippen LogP contribution in [0.5, 0.6) is 0 Å². The molecule has 0 aromatic heterocycles. The van der Waals surface area contributed by atoms with Gasteiger partial charge in [0.1, 0.15) is 11.9 Å². The van der Waals surface area contributed by atoms with Crippen molar-refractivity contribution in [1.29, 1.82) is 0 Å². The molecule has 0 aromatic carbocycles. The highest BCUT2D eigenvalue weighted by atomic mass is 19.3. The fourth-order valence-corrected chi connectivity index (χ4v) is 8.48. The van der Waals surface area contributed by atoms with Gasteiger partial charge in [0.2, 0.25) is 0 Å². The van der Waals surface area contributed by atoms with Gasteiger partial charge in [-0.15, -0.1) is 0 Å². The molecular formula is C25H34F4O5. The Hall–Kier alpha value is -1.67. The monoisotopic (exact) mass is 490 g/mol. The third kappa shape index (κ3) is 3.58. The SMILES string of the molecule is CC(=O)[C@H]1CC[C@H]2[C@@H]3CC[C@@H]4C[C@H](OC(=O)C(F)(F)C(F)(F)C(=O)O)CC[C@]4(C)[C@H]3CC[C@]12C. The van der Waals surface area contributed by atoms with Crippen LogP contribution in [0.4, 0.5) is 17.6 Å². The van der Waals surface area contributed by atoms with E-state index in [1.165, 1.54) is 0 Å². The molecule has 0 spiro atoms. The smallest absolute Gasteiger partial charge is 0.415 e. The van der Waals surface area contributed by atoms with Crippen molar-refractivity contribution in [3.05, 3.63) is 0 Å². The van der Waals surface area contributed by atoms with Gasteiger partial charge in [0, 0.05) is 5.92 Å². The first-order valence-corrected chi connectivity index (χ1v) is 12.4. The third-order valence-corrected chi connectivity index (χ3v) is 10.3. The average Bonchev–Trinajstić information content (AvgIpc) is 3.11. The number of carbonyl (C=O) groups excluding carboxylic acids is 2. The Bertz CT molecular complexity index is 875. The number of carboxylic acids is 1. The summed E-state index contributed by atoms with van der Waals surface area (Å²) >= 11 is 0. The van der Waals surface area contributed by atoms with Crippen molar-refractivity contribution in [1.82, 2.24) is 0 Å². The topological polar surface area (TPSA) is 80.7 Å². The Morgan fingerprint density at radius 1 is 0.853 bits per heavy atom. The van der Waals surface area contributed by atoms with Gasteiger partial charge in [-0.25, -0.2) is 9.59 Å². The number of rotatable bonds is 5. The molecule has 0 radical (unpaired) electrons. The summed E-state index contributed by atoms with van der Waals surface area (Å²) in [5.74, 6) is -14.6. The Morgan fingerprint density at radius 2 is 1.47 bits per heavy atom. The molecule has 4 saturated carbocycles. The molecular weight excluding hydrogens is 456 g/mol. The van der Waals surface area contributed by atoms with Gasteiger partial charge in [0.15, 0.2) is 0 Å². The molecule has 9 heteroatoms. The van der Waals surface area contributed by atoms with Gasteiger partial charge >= 0.3 is 23.8 Å². The first-order chi connectivity index (χ1) is 15.7. The third-order valence-electron chi connectivity index (χ3n) is 10.3. The number of hydrogen-bond acceptors (Lipinski definition) is 4. The lowest BCUT2D eigenvalue weighted by Gasteiger charge is -2.61.